The summed E-state index contributed by atoms with van der Waals surface area (Å²) in [7, 11) is 0. The van der Waals surface area contributed by atoms with Gasteiger partial charge in [-0.3, -0.25) is 15.2 Å². The quantitative estimate of drug-likeness (QED) is 0.875. The van der Waals surface area contributed by atoms with Crippen LogP contribution in [0.1, 0.15) is 49.5 Å². The first-order valence-electron chi connectivity index (χ1n) is 6.83. The van der Waals surface area contributed by atoms with E-state index in [-0.39, 0.29) is 12.1 Å². The Morgan fingerprint density at radius 3 is 3.05 bits per heavy atom. The van der Waals surface area contributed by atoms with E-state index in [1.54, 1.807) is 11.0 Å². The molecule has 0 bridgehead atoms. The van der Waals surface area contributed by atoms with E-state index in [0.29, 0.717) is 5.69 Å². The second kappa shape index (κ2) is 6.36. The Bertz CT molecular complexity index is 428. The maximum atomic E-state index is 12.1. The molecule has 1 aliphatic rings. The zero-order valence-electron chi connectivity index (χ0n) is 11.2. The van der Waals surface area contributed by atoms with Gasteiger partial charge in [-0.15, -0.1) is 0 Å². The first-order chi connectivity index (χ1) is 9.22. The van der Waals surface area contributed by atoms with E-state index in [0.717, 1.165) is 38.6 Å². The van der Waals surface area contributed by atoms with Crippen molar-refractivity contribution in [2.75, 3.05) is 6.54 Å². The molecular formula is C13H20N4O2. The van der Waals surface area contributed by atoms with E-state index in [4.69, 9.17) is 0 Å². The topological polar surface area (TPSA) is 78.1 Å². The highest BCUT2D eigenvalue weighted by atomic mass is 16.2. The van der Waals surface area contributed by atoms with Crippen LogP contribution in [0, 0.1) is 0 Å². The minimum Gasteiger partial charge on any atom is -0.321 e. The largest absolute Gasteiger partial charge is 0.324 e. The van der Waals surface area contributed by atoms with Gasteiger partial charge < -0.3 is 4.90 Å². The van der Waals surface area contributed by atoms with E-state index in [2.05, 4.69) is 22.4 Å². The number of aromatic nitrogens is 2. The summed E-state index contributed by atoms with van der Waals surface area (Å²) in [5, 5.41) is 8.66. The third kappa shape index (κ3) is 3.33. The molecule has 1 aliphatic heterocycles. The van der Waals surface area contributed by atoms with Crippen LogP contribution in [0.4, 0.5) is 4.79 Å². The van der Waals surface area contributed by atoms with Crippen LogP contribution < -0.4 is 5.32 Å². The highest BCUT2D eigenvalue weighted by molar-refractivity contribution is 6.03. The average Bonchev–Trinajstić information content (AvgIpc) is 2.93. The van der Waals surface area contributed by atoms with E-state index in [1.807, 2.05) is 0 Å². The summed E-state index contributed by atoms with van der Waals surface area (Å²) in [5.74, 6) is -0.427. The second-order valence-corrected chi connectivity index (χ2v) is 4.86. The monoisotopic (exact) mass is 264 g/mol. The summed E-state index contributed by atoms with van der Waals surface area (Å²) in [6.07, 6.45) is 6.71. The molecule has 0 aliphatic carbocycles. The lowest BCUT2D eigenvalue weighted by Crippen LogP contribution is -2.50. The molecule has 1 aromatic heterocycles. The van der Waals surface area contributed by atoms with Gasteiger partial charge in [-0.05, 0) is 31.7 Å². The zero-order valence-corrected chi connectivity index (χ0v) is 11.2. The van der Waals surface area contributed by atoms with Gasteiger partial charge in [0, 0.05) is 18.8 Å². The smallest absolute Gasteiger partial charge is 0.321 e. The van der Waals surface area contributed by atoms with E-state index in [1.165, 1.54) is 6.20 Å². The summed E-state index contributed by atoms with van der Waals surface area (Å²) in [4.78, 5) is 25.7. The van der Waals surface area contributed by atoms with Crippen molar-refractivity contribution < 1.29 is 9.59 Å². The molecule has 104 valence electrons. The third-order valence-corrected chi connectivity index (χ3v) is 3.48. The van der Waals surface area contributed by atoms with Crippen molar-refractivity contribution >= 4 is 11.9 Å². The Morgan fingerprint density at radius 2 is 2.37 bits per heavy atom. The Labute approximate surface area is 112 Å². The molecule has 1 saturated heterocycles. The second-order valence-electron chi connectivity index (χ2n) is 4.86. The molecule has 0 spiro atoms. The number of urea groups is 1. The molecular weight excluding hydrogens is 244 g/mol. The SMILES string of the molecule is CCCC1CCCCN1C(=O)NC(=O)c1ccn[nH]1. The number of H-pyrrole nitrogens is 1. The molecule has 6 nitrogen and oxygen atoms in total. The van der Waals surface area contributed by atoms with Gasteiger partial charge in [0.15, 0.2) is 0 Å². The van der Waals surface area contributed by atoms with Gasteiger partial charge in [0.2, 0.25) is 0 Å². The number of carbonyl (C=O) groups is 2. The molecule has 2 heterocycles. The number of imide groups is 1. The number of rotatable bonds is 3. The van der Waals surface area contributed by atoms with Gasteiger partial charge in [-0.2, -0.15) is 5.10 Å². The van der Waals surface area contributed by atoms with Gasteiger partial charge in [0.1, 0.15) is 5.69 Å². The number of nitrogens with one attached hydrogen (secondary N) is 2. The van der Waals surface area contributed by atoms with Crippen molar-refractivity contribution in [3.8, 4) is 0 Å². The normalized spacial score (nSPS) is 19.2. The highest BCUT2D eigenvalue weighted by Crippen LogP contribution is 2.20. The minimum absolute atomic E-state index is 0.258. The lowest BCUT2D eigenvalue weighted by Gasteiger charge is -2.35. The van der Waals surface area contributed by atoms with Crippen LogP contribution in [-0.2, 0) is 0 Å². The maximum absolute atomic E-state index is 12.1. The molecule has 3 amide bonds. The number of carbonyl (C=O) groups excluding carboxylic acids is 2. The number of hydrogen-bond donors (Lipinski definition) is 2. The molecule has 6 heteroatoms. The fourth-order valence-electron chi connectivity index (χ4n) is 2.52. The van der Waals surface area contributed by atoms with Crippen LogP contribution >= 0.6 is 0 Å². The third-order valence-electron chi connectivity index (χ3n) is 3.48. The van der Waals surface area contributed by atoms with Crippen molar-refractivity contribution in [1.82, 2.24) is 20.4 Å². The molecule has 2 rings (SSSR count). The molecule has 0 aromatic carbocycles. The number of nitrogens with zero attached hydrogens (tertiary/aromatic N) is 2. The molecule has 2 N–H and O–H groups in total. The predicted molar refractivity (Wildman–Crippen MR) is 70.7 cm³/mol. The van der Waals surface area contributed by atoms with Crippen molar-refractivity contribution in [3.05, 3.63) is 18.0 Å². The molecule has 1 fully saturated rings. The Balaban J connectivity index is 1.95. The van der Waals surface area contributed by atoms with Gasteiger partial charge >= 0.3 is 6.03 Å². The summed E-state index contributed by atoms with van der Waals surface area (Å²) >= 11 is 0. The fraction of sp³-hybridized carbons (Fsp3) is 0.615. The average molecular weight is 264 g/mol. The van der Waals surface area contributed by atoms with Crippen LogP contribution in [0.2, 0.25) is 0 Å². The van der Waals surface area contributed by atoms with Crippen molar-refractivity contribution in [2.45, 2.75) is 45.1 Å². The number of piperidine rings is 1. The van der Waals surface area contributed by atoms with Crippen LogP contribution in [-0.4, -0.2) is 39.6 Å². The molecule has 0 saturated carbocycles. The van der Waals surface area contributed by atoms with Gasteiger partial charge in [0.05, 0.1) is 0 Å². The predicted octanol–water partition coefficient (Wildman–Crippen LogP) is 1.91. The number of amides is 3. The minimum atomic E-state index is -0.427. The van der Waals surface area contributed by atoms with Gasteiger partial charge in [0.25, 0.3) is 5.91 Å². The number of hydrogen-bond acceptors (Lipinski definition) is 3. The summed E-state index contributed by atoms with van der Waals surface area (Å²) in [6, 6.07) is 1.51. The Kier molecular flexibility index (Phi) is 4.54. The van der Waals surface area contributed by atoms with E-state index in [9.17, 15) is 9.59 Å². The van der Waals surface area contributed by atoms with Crippen LogP contribution in [0.5, 0.6) is 0 Å². The zero-order chi connectivity index (χ0) is 13.7. The van der Waals surface area contributed by atoms with Crippen molar-refractivity contribution in [1.29, 1.82) is 0 Å². The lowest BCUT2D eigenvalue weighted by atomic mass is 9.99. The highest BCUT2D eigenvalue weighted by Gasteiger charge is 2.27. The maximum Gasteiger partial charge on any atom is 0.324 e. The number of likely N-dealkylation sites (tertiary alicyclic amines) is 1. The molecule has 19 heavy (non-hydrogen) atoms. The Hall–Kier alpha value is -1.85. The molecule has 0 radical (unpaired) electrons. The lowest BCUT2D eigenvalue weighted by molar-refractivity contribution is 0.0927. The van der Waals surface area contributed by atoms with Crippen molar-refractivity contribution in [3.63, 3.8) is 0 Å². The van der Waals surface area contributed by atoms with Gasteiger partial charge in [-0.25, -0.2) is 4.79 Å². The van der Waals surface area contributed by atoms with Crippen molar-refractivity contribution in [2.24, 2.45) is 0 Å². The summed E-state index contributed by atoms with van der Waals surface area (Å²) < 4.78 is 0. The van der Waals surface area contributed by atoms with E-state index < -0.39 is 5.91 Å². The Morgan fingerprint density at radius 1 is 1.53 bits per heavy atom. The fourth-order valence-corrected chi connectivity index (χ4v) is 2.52. The van der Waals surface area contributed by atoms with E-state index >= 15 is 0 Å². The molecule has 1 atom stereocenters. The summed E-state index contributed by atoms with van der Waals surface area (Å²) in [5.41, 5.74) is 0.303. The van der Waals surface area contributed by atoms with Crippen LogP contribution in [0.25, 0.3) is 0 Å². The van der Waals surface area contributed by atoms with Crippen LogP contribution in [0.15, 0.2) is 12.3 Å². The summed E-state index contributed by atoms with van der Waals surface area (Å²) in [6.45, 7) is 2.84. The first kappa shape index (κ1) is 13.6. The molecule has 1 aromatic rings. The van der Waals surface area contributed by atoms with Crippen LogP contribution in [0.3, 0.4) is 0 Å². The van der Waals surface area contributed by atoms with Gasteiger partial charge in [-0.1, -0.05) is 13.3 Å². The molecule has 1 unspecified atom stereocenters. The number of aromatic amines is 1. The standard InChI is InChI=1S/C13H20N4O2/c1-2-5-10-6-3-4-9-17(10)13(19)15-12(18)11-7-8-14-16-11/h7-8,10H,2-6,9H2,1H3,(H,14,16)(H,15,18,19). The first-order valence-corrected chi connectivity index (χ1v) is 6.83.